The Labute approximate surface area is 108 Å². The fourth-order valence-electron chi connectivity index (χ4n) is 1.69. The fraction of sp³-hybridized carbons (Fsp3) is 0.167. The van der Waals surface area contributed by atoms with Gasteiger partial charge >= 0.3 is 0 Å². The summed E-state index contributed by atoms with van der Waals surface area (Å²) in [6, 6.07) is 7.86. The number of nitrogens with one attached hydrogen (secondary N) is 1. The molecule has 1 N–H and O–H groups in total. The van der Waals surface area contributed by atoms with Crippen molar-refractivity contribution >= 4 is 17.2 Å². The molecule has 0 spiro atoms. The Morgan fingerprint density at radius 2 is 2.28 bits per heavy atom. The SMILES string of the molecule is N#Cc1scnc1NCc1ccc2c(c1)OCO2. The van der Waals surface area contributed by atoms with Crippen molar-refractivity contribution in [2.24, 2.45) is 0 Å². The number of fused-ring (bicyclic) bond motifs is 1. The van der Waals surface area contributed by atoms with E-state index in [9.17, 15) is 0 Å². The molecule has 90 valence electrons. The largest absolute Gasteiger partial charge is 0.454 e. The predicted molar refractivity (Wildman–Crippen MR) is 66.7 cm³/mol. The number of ether oxygens (including phenoxy) is 2. The smallest absolute Gasteiger partial charge is 0.231 e. The molecule has 0 radical (unpaired) electrons. The summed E-state index contributed by atoms with van der Waals surface area (Å²) in [5, 5.41) is 12.0. The Hall–Kier alpha value is -2.26. The van der Waals surface area contributed by atoms with Crippen LogP contribution in [-0.4, -0.2) is 11.8 Å². The Balaban J connectivity index is 1.72. The second-order valence-electron chi connectivity index (χ2n) is 3.68. The van der Waals surface area contributed by atoms with Gasteiger partial charge in [0.15, 0.2) is 17.3 Å². The van der Waals surface area contributed by atoms with Gasteiger partial charge in [0.2, 0.25) is 6.79 Å². The minimum Gasteiger partial charge on any atom is -0.454 e. The second-order valence-corrected chi connectivity index (χ2v) is 4.54. The van der Waals surface area contributed by atoms with Crippen molar-refractivity contribution in [2.75, 3.05) is 12.1 Å². The Kier molecular flexibility index (Phi) is 2.74. The quantitative estimate of drug-likeness (QED) is 0.916. The van der Waals surface area contributed by atoms with Crippen molar-refractivity contribution in [1.82, 2.24) is 4.98 Å². The Morgan fingerprint density at radius 1 is 1.39 bits per heavy atom. The lowest BCUT2D eigenvalue weighted by Gasteiger charge is -2.04. The summed E-state index contributed by atoms with van der Waals surface area (Å²) in [4.78, 5) is 4.70. The third-order valence-electron chi connectivity index (χ3n) is 2.57. The van der Waals surface area contributed by atoms with E-state index in [4.69, 9.17) is 14.7 Å². The maximum absolute atomic E-state index is 8.88. The number of benzene rings is 1. The van der Waals surface area contributed by atoms with E-state index in [1.54, 1.807) is 5.51 Å². The van der Waals surface area contributed by atoms with Crippen LogP contribution in [0, 0.1) is 11.3 Å². The molecule has 0 atom stereocenters. The maximum Gasteiger partial charge on any atom is 0.231 e. The summed E-state index contributed by atoms with van der Waals surface area (Å²) < 4.78 is 10.5. The van der Waals surface area contributed by atoms with Gasteiger partial charge in [-0.15, -0.1) is 11.3 Å². The zero-order chi connectivity index (χ0) is 12.4. The molecule has 2 aromatic rings. The van der Waals surface area contributed by atoms with Gasteiger partial charge in [0.25, 0.3) is 0 Å². The summed E-state index contributed by atoms with van der Waals surface area (Å²) in [6.07, 6.45) is 0. The molecule has 0 unspecified atom stereocenters. The average Bonchev–Trinajstić information content (AvgIpc) is 3.04. The van der Waals surface area contributed by atoms with Gasteiger partial charge in [-0.3, -0.25) is 0 Å². The van der Waals surface area contributed by atoms with Gasteiger partial charge in [0.1, 0.15) is 10.9 Å². The van der Waals surface area contributed by atoms with Crippen molar-refractivity contribution in [1.29, 1.82) is 5.26 Å². The summed E-state index contributed by atoms with van der Waals surface area (Å²) in [6.45, 7) is 0.867. The van der Waals surface area contributed by atoms with Crippen LogP contribution in [0.4, 0.5) is 5.82 Å². The van der Waals surface area contributed by atoms with Crippen LogP contribution in [0.15, 0.2) is 23.7 Å². The van der Waals surface area contributed by atoms with E-state index in [1.165, 1.54) is 11.3 Å². The fourth-order valence-corrected chi connectivity index (χ4v) is 2.24. The van der Waals surface area contributed by atoms with Crippen LogP contribution in [0.1, 0.15) is 10.4 Å². The zero-order valence-electron chi connectivity index (χ0n) is 9.34. The van der Waals surface area contributed by atoms with Gasteiger partial charge < -0.3 is 14.8 Å². The van der Waals surface area contributed by atoms with Crippen molar-refractivity contribution < 1.29 is 9.47 Å². The monoisotopic (exact) mass is 259 g/mol. The molecule has 1 aromatic carbocycles. The average molecular weight is 259 g/mol. The van der Waals surface area contributed by atoms with Gasteiger partial charge in [-0.05, 0) is 17.7 Å². The summed E-state index contributed by atoms with van der Waals surface area (Å²) in [7, 11) is 0. The van der Waals surface area contributed by atoms with Gasteiger partial charge in [0, 0.05) is 6.54 Å². The van der Waals surface area contributed by atoms with Crippen LogP contribution in [0.25, 0.3) is 0 Å². The van der Waals surface area contributed by atoms with Crippen LogP contribution in [0.2, 0.25) is 0 Å². The van der Waals surface area contributed by atoms with Crippen molar-refractivity contribution in [2.45, 2.75) is 6.54 Å². The van der Waals surface area contributed by atoms with E-state index < -0.39 is 0 Å². The van der Waals surface area contributed by atoms with E-state index in [-0.39, 0.29) is 6.79 Å². The third-order valence-corrected chi connectivity index (χ3v) is 3.30. The molecular formula is C12H9N3O2S. The summed E-state index contributed by atoms with van der Waals surface area (Å²) in [5.41, 5.74) is 2.71. The summed E-state index contributed by atoms with van der Waals surface area (Å²) >= 11 is 1.33. The predicted octanol–water partition coefficient (Wildman–Crippen LogP) is 2.36. The first kappa shape index (κ1) is 10.9. The normalized spacial score (nSPS) is 12.2. The van der Waals surface area contributed by atoms with E-state index in [0.29, 0.717) is 17.2 Å². The van der Waals surface area contributed by atoms with Crippen LogP contribution >= 0.6 is 11.3 Å². The molecule has 3 rings (SSSR count). The molecule has 0 fully saturated rings. The number of thiazole rings is 1. The molecule has 1 aliphatic heterocycles. The zero-order valence-corrected chi connectivity index (χ0v) is 10.2. The van der Waals surface area contributed by atoms with Gasteiger partial charge in [-0.2, -0.15) is 5.26 Å². The lowest BCUT2D eigenvalue weighted by Crippen LogP contribution is -2.00. The highest BCUT2D eigenvalue weighted by atomic mass is 32.1. The molecule has 0 aliphatic carbocycles. The number of anilines is 1. The molecule has 1 aliphatic rings. The highest BCUT2D eigenvalue weighted by molar-refractivity contribution is 7.10. The molecule has 5 nitrogen and oxygen atoms in total. The van der Waals surface area contributed by atoms with E-state index in [1.807, 2.05) is 18.2 Å². The number of nitriles is 1. The first-order valence-corrected chi connectivity index (χ1v) is 6.21. The molecule has 0 bridgehead atoms. The van der Waals surface area contributed by atoms with Crippen LogP contribution in [0.5, 0.6) is 11.5 Å². The Bertz CT molecular complexity index is 618. The topological polar surface area (TPSA) is 67.2 Å². The highest BCUT2D eigenvalue weighted by Gasteiger charge is 2.13. The van der Waals surface area contributed by atoms with Crippen molar-refractivity contribution in [3.63, 3.8) is 0 Å². The highest BCUT2D eigenvalue weighted by Crippen LogP contribution is 2.32. The number of nitrogens with zero attached hydrogens (tertiary/aromatic N) is 2. The van der Waals surface area contributed by atoms with E-state index in [0.717, 1.165) is 17.1 Å². The first-order chi connectivity index (χ1) is 8.86. The lowest BCUT2D eigenvalue weighted by molar-refractivity contribution is 0.174. The Morgan fingerprint density at radius 3 is 3.17 bits per heavy atom. The molecule has 6 heteroatoms. The van der Waals surface area contributed by atoms with Crippen molar-refractivity contribution in [3.05, 3.63) is 34.2 Å². The number of hydrogen-bond acceptors (Lipinski definition) is 6. The van der Waals surface area contributed by atoms with Gasteiger partial charge in [-0.1, -0.05) is 6.07 Å². The maximum atomic E-state index is 8.88. The number of hydrogen-bond donors (Lipinski definition) is 1. The molecule has 0 amide bonds. The minimum atomic E-state index is 0.275. The van der Waals surface area contributed by atoms with Gasteiger partial charge in [0.05, 0.1) is 5.51 Å². The number of aromatic nitrogens is 1. The minimum absolute atomic E-state index is 0.275. The lowest BCUT2D eigenvalue weighted by atomic mass is 10.2. The van der Waals surface area contributed by atoms with Crippen LogP contribution in [0.3, 0.4) is 0 Å². The summed E-state index contributed by atoms with van der Waals surface area (Å²) in [5.74, 6) is 2.15. The van der Waals surface area contributed by atoms with E-state index >= 15 is 0 Å². The molecular weight excluding hydrogens is 250 g/mol. The molecule has 0 saturated carbocycles. The first-order valence-electron chi connectivity index (χ1n) is 5.33. The molecule has 0 saturated heterocycles. The molecule has 18 heavy (non-hydrogen) atoms. The molecule has 1 aromatic heterocycles. The number of rotatable bonds is 3. The third kappa shape index (κ3) is 1.96. The van der Waals surface area contributed by atoms with Crippen LogP contribution in [-0.2, 0) is 6.54 Å². The van der Waals surface area contributed by atoms with Crippen molar-refractivity contribution in [3.8, 4) is 17.6 Å². The van der Waals surface area contributed by atoms with Crippen LogP contribution < -0.4 is 14.8 Å². The standard InChI is InChI=1S/C12H9N3O2S/c13-4-11-12(15-6-18-11)14-5-8-1-2-9-10(3-8)17-7-16-9/h1-3,6,14H,5,7H2. The van der Waals surface area contributed by atoms with E-state index in [2.05, 4.69) is 16.4 Å². The van der Waals surface area contributed by atoms with Gasteiger partial charge in [-0.25, -0.2) is 4.98 Å². The molecule has 2 heterocycles. The second kappa shape index (κ2) is 4.55.